The number of nitrogens with zero attached hydrogens (tertiary/aromatic N) is 4. The first kappa shape index (κ1) is 7.02. The number of aryl methyl sites for hydroxylation is 2. The molecule has 0 bridgehead atoms. The number of rotatable bonds is 0. The third kappa shape index (κ3) is 0.827. The zero-order valence-corrected chi connectivity index (χ0v) is 6.85. The molecule has 0 aliphatic heterocycles. The lowest BCUT2D eigenvalue weighted by molar-refractivity contribution is 0.814. The molecule has 0 saturated carbocycles. The second-order valence-corrected chi connectivity index (χ2v) is 2.64. The molecule has 2 aromatic heterocycles. The van der Waals surface area contributed by atoms with E-state index in [1.165, 1.54) is 10.6 Å². The highest BCUT2D eigenvalue weighted by Gasteiger charge is 2.02. The van der Waals surface area contributed by atoms with Crippen molar-refractivity contribution < 1.29 is 0 Å². The molecule has 12 heavy (non-hydrogen) atoms. The van der Waals surface area contributed by atoms with E-state index in [-0.39, 0.29) is 5.56 Å². The van der Waals surface area contributed by atoms with E-state index in [2.05, 4.69) is 10.1 Å². The second kappa shape index (κ2) is 2.17. The molecule has 2 rings (SSSR count). The van der Waals surface area contributed by atoms with Crippen LogP contribution in [0.15, 0.2) is 17.1 Å². The highest BCUT2D eigenvalue weighted by atomic mass is 16.1. The van der Waals surface area contributed by atoms with Gasteiger partial charge < -0.3 is 4.57 Å². The fourth-order valence-electron chi connectivity index (χ4n) is 1.09. The average Bonchev–Trinajstić information content (AvgIpc) is 2.41. The lowest BCUT2D eigenvalue weighted by Gasteiger charge is -1.96. The molecule has 0 saturated heterocycles. The molecule has 0 radical (unpaired) electrons. The lowest BCUT2D eigenvalue weighted by atomic mass is 10.6. The third-order valence-corrected chi connectivity index (χ3v) is 1.66. The van der Waals surface area contributed by atoms with E-state index in [9.17, 15) is 4.79 Å². The van der Waals surface area contributed by atoms with Crippen molar-refractivity contribution in [3.63, 3.8) is 0 Å². The van der Waals surface area contributed by atoms with E-state index >= 15 is 0 Å². The number of hydrogen-bond acceptors (Lipinski definition) is 3. The summed E-state index contributed by atoms with van der Waals surface area (Å²) in [5.74, 6) is 1.17. The van der Waals surface area contributed by atoms with Crippen molar-refractivity contribution in [2.24, 2.45) is 7.05 Å². The van der Waals surface area contributed by atoms with E-state index in [1.54, 1.807) is 17.7 Å². The second-order valence-electron chi connectivity index (χ2n) is 2.64. The summed E-state index contributed by atoms with van der Waals surface area (Å²) < 4.78 is 3.04. The molecule has 0 aliphatic carbocycles. The van der Waals surface area contributed by atoms with Crippen LogP contribution >= 0.6 is 0 Å². The Kier molecular flexibility index (Phi) is 1.27. The molecule has 0 N–H and O–H groups in total. The van der Waals surface area contributed by atoms with Gasteiger partial charge in [-0.3, -0.25) is 4.79 Å². The van der Waals surface area contributed by atoms with Crippen LogP contribution in [0.4, 0.5) is 0 Å². The van der Waals surface area contributed by atoms with Crippen LogP contribution in [0.1, 0.15) is 5.82 Å². The lowest BCUT2D eigenvalue weighted by Crippen LogP contribution is -2.15. The van der Waals surface area contributed by atoms with Gasteiger partial charge in [0.15, 0.2) is 0 Å². The summed E-state index contributed by atoms with van der Waals surface area (Å²) in [6.45, 7) is 1.76. The van der Waals surface area contributed by atoms with Crippen molar-refractivity contribution in [1.82, 2.24) is 19.2 Å². The van der Waals surface area contributed by atoms with Crippen molar-refractivity contribution in [2.45, 2.75) is 6.92 Å². The van der Waals surface area contributed by atoms with Gasteiger partial charge in [-0.2, -0.15) is 9.50 Å². The Morgan fingerprint density at radius 1 is 1.50 bits per heavy atom. The van der Waals surface area contributed by atoms with Crippen molar-refractivity contribution in [1.29, 1.82) is 0 Å². The number of fused-ring (bicyclic) bond motifs is 1. The minimum atomic E-state index is -0.149. The van der Waals surface area contributed by atoms with Crippen LogP contribution in [0.5, 0.6) is 0 Å². The van der Waals surface area contributed by atoms with Crippen LogP contribution < -0.4 is 5.56 Å². The van der Waals surface area contributed by atoms with Crippen LogP contribution in [0.3, 0.4) is 0 Å². The first-order valence-corrected chi connectivity index (χ1v) is 3.57. The quantitative estimate of drug-likeness (QED) is 0.539. The summed E-state index contributed by atoms with van der Waals surface area (Å²) in [5.41, 5.74) is -0.149. The minimum absolute atomic E-state index is 0.149. The minimum Gasteiger partial charge on any atom is -0.320 e. The zero-order chi connectivity index (χ0) is 8.72. The molecule has 0 amide bonds. The molecule has 62 valence electrons. The first-order chi connectivity index (χ1) is 5.68. The molecule has 5 nitrogen and oxygen atoms in total. The van der Waals surface area contributed by atoms with Crippen LogP contribution in [0, 0.1) is 6.92 Å². The highest BCUT2D eigenvalue weighted by molar-refractivity contribution is 5.26. The monoisotopic (exact) mass is 164 g/mol. The molecular weight excluding hydrogens is 156 g/mol. The van der Waals surface area contributed by atoms with Crippen molar-refractivity contribution in [2.75, 3.05) is 0 Å². The topological polar surface area (TPSA) is 52.2 Å². The molecule has 2 heterocycles. The van der Waals surface area contributed by atoms with Gasteiger partial charge in [0, 0.05) is 19.3 Å². The predicted molar refractivity (Wildman–Crippen MR) is 43.0 cm³/mol. The van der Waals surface area contributed by atoms with Crippen LogP contribution in [0.25, 0.3) is 5.78 Å². The summed E-state index contributed by atoms with van der Waals surface area (Å²) in [6, 6.07) is 1.46. The van der Waals surface area contributed by atoms with Crippen molar-refractivity contribution >= 4 is 5.78 Å². The van der Waals surface area contributed by atoms with Gasteiger partial charge in [0.05, 0.1) is 0 Å². The molecule has 0 unspecified atom stereocenters. The Bertz CT molecular complexity index is 482. The van der Waals surface area contributed by atoms with Gasteiger partial charge in [0.25, 0.3) is 5.56 Å². The van der Waals surface area contributed by atoms with Gasteiger partial charge in [0.2, 0.25) is 5.78 Å². The summed E-state index contributed by atoms with van der Waals surface area (Å²) >= 11 is 0. The molecule has 0 aromatic carbocycles. The highest BCUT2D eigenvalue weighted by Crippen LogP contribution is 1.94. The SMILES string of the molecule is Cc1nc2n(C)ccc(=O)n2n1. The Balaban J connectivity index is 3.03. The smallest absolute Gasteiger partial charge is 0.275 e. The fraction of sp³-hybridized carbons (Fsp3) is 0.286. The van der Waals surface area contributed by atoms with Gasteiger partial charge in [-0.25, -0.2) is 0 Å². The number of hydrogen-bond donors (Lipinski definition) is 0. The molecule has 0 atom stereocenters. The summed E-state index contributed by atoms with van der Waals surface area (Å²) in [5, 5.41) is 3.95. The maximum Gasteiger partial charge on any atom is 0.275 e. The Labute approximate surface area is 68.3 Å². The Morgan fingerprint density at radius 3 is 2.92 bits per heavy atom. The molecule has 2 aromatic rings. The summed E-state index contributed by atoms with van der Waals surface area (Å²) in [7, 11) is 1.82. The van der Waals surface area contributed by atoms with Gasteiger partial charge >= 0.3 is 0 Å². The van der Waals surface area contributed by atoms with E-state index in [1.807, 2.05) is 7.05 Å². The largest absolute Gasteiger partial charge is 0.320 e. The molecular formula is C7H8N4O. The first-order valence-electron chi connectivity index (χ1n) is 3.57. The Hall–Kier alpha value is -1.65. The molecule has 5 heteroatoms. The standard InChI is InChI=1S/C7H8N4O/c1-5-8-7-10(2)4-3-6(12)11(7)9-5/h3-4H,1-2H3. The fourth-order valence-corrected chi connectivity index (χ4v) is 1.09. The van der Waals surface area contributed by atoms with Crippen LogP contribution in [0.2, 0.25) is 0 Å². The molecule has 0 fully saturated rings. The normalized spacial score (nSPS) is 10.8. The molecule has 0 spiro atoms. The van der Waals surface area contributed by atoms with E-state index in [0.717, 1.165) is 0 Å². The van der Waals surface area contributed by atoms with E-state index in [4.69, 9.17) is 0 Å². The number of aromatic nitrogens is 4. The maximum atomic E-state index is 11.2. The van der Waals surface area contributed by atoms with Gasteiger partial charge in [-0.1, -0.05) is 0 Å². The zero-order valence-electron chi connectivity index (χ0n) is 6.85. The van der Waals surface area contributed by atoms with Crippen molar-refractivity contribution in [3.05, 3.63) is 28.4 Å². The Morgan fingerprint density at radius 2 is 2.25 bits per heavy atom. The van der Waals surface area contributed by atoms with Gasteiger partial charge in [0.1, 0.15) is 5.82 Å². The summed E-state index contributed by atoms with van der Waals surface area (Å²) in [6.07, 6.45) is 1.67. The summed E-state index contributed by atoms with van der Waals surface area (Å²) in [4.78, 5) is 15.3. The third-order valence-electron chi connectivity index (χ3n) is 1.66. The van der Waals surface area contributed by atoms with Gasteiger partial charge in [-0.15, -0.1) is 5.10 Å². The van der Waals surface area contributed by atoms with Crippen LogP contribution in [-0.4, -0.2) is 19.2 Å². The van der Waals surface area contributed by atoms with Crippen molar-refractivity contribution in [3.8, 4) is 0 Å². The van der Waals surface area contributed by atoms with E-state index in [0.29, 0.717) is 11.6 Å². The predicted octanol–water partition coefficient (Wildman–Crippen LogP) is -0.264. The average molecular weight is 164 g/mol. The molecule has 0 aliphatic rings. The van der Waals surface area contributed by atoms with Crippen LogP contribution in [-0.2, 0) is 7.05 Å². The van der Waals surface area contributed by atoms with E-state index < -0.39 is 0 Å². The van der Waals surface area contributed by atoms with Gasteiger partial charge in [-0.05, 0) is 6.92 Å². The maximum absolute atomic E-state index is 11.2.